The third kappa shape index (κ3) is 3.81. The molecule has 3 aromatic rings. The molecule has 0 radical (unpaired) electrons. The van der Waals surface area contributed by atoms with Crippen molar-refractivity contribution < 1.29 is 9.53 Å². The van der Waals surface area contributed by atoms with Crippen LogP contribution in [0.15, 0.2) is 30.9 Å². The minimum absolute atomic E-state index is 0.189. The van der Waals surface area contributed by atoms with Crippen LogP contribution in [0.4, 0.5) is 5.95 Å². The van der Waals surface area contributed by atoms with Crippen LogP contribution < -0.4 is 4.90 Å². The fourth-order valence-corrected chi connectivity index (χ4v) is 5.59. The van der Waals surface area contributed by atoms with E-state index < -0.39 is 0 Å². The zero-order valence-electron chi connectivity index (χ0n) is 19.4. The summed E-state index contributed by atoms with van der Waals surface area (Å²) in [7, 11) is 0. The molecule has 3 aliphatic heterocycles. The third-order valence-corrected chi connectivity index (χ3v) is 7.85. The lowest BCUT2D eigenvalue weighted by atomic mass is 9.77. The number of esters is 1. The molecule has 10 nitrogen and oxygen atoms in total. The number of hydrogen-bond donors (Lipinski definition) is 0. The summed E-state index contributed by atoms with van der Waals surface area (Å²) in [5.74, 6) is 0.594. The van der Waals surface area contributed by atoms with Gasteiger partial charge in [-0.1, -0.05) is 6.07 Å². The number of benzene rings is 1. The normalized spacial score (nSPS) is 19.6. The van der Waals surface area contributed by atoms with Gasteiger partial charge in [0.2, 0.25) is 5.95 Å². The lowest BCUT2D eigenvalue weighted by molar-refractivity contribution is 0.0535. The van der Waals surface area contributed by atoms with Gasteiger partial charge in [-0.25, -0.2) is 14.8 Å². The van der Waals surface area contributed by atoms with E-state index >= 15 is 0 Å². The quantitative estimate of drug-likeness (QED) is 0.529. The van der Waals surface area contributed by atoms with E-state index in [9.17, 15) is 4.79 Å². The van der Waals surface area contributed by atoms with Crippen LogP contribution in [-0.2, 0) is 17.8 Å². The van der Waals surface area contributed by atoms with Crippen molar-refractivity contribution in [2.75, 3.05) is 37.6 Å². The second-order valence-electron chi connectivity index (χ2n) is 9.71. The number of anilines is 1. The molecule has 5 heterocycles. The molecule has 0 amide bonds. The zero-order chi connectivity index (χ0) is 23.1. The van der Waals surface area contributed by atoms with E-state index in [1.807, 2.05) is 6.07 Å². The topological polar surface area (TPSA) is 102 Å². The Morgan fingerprint density at radius 2 is 1.88 bits per heavy atom. The predicted molar refractivity (Wildman–Crippen MR) is 124 cm³/mol. The number of likely N-dealkylation sites (tertiary alicyclic amines) is 1. The molecule has 2 saturated heterocycles. The summed E-state index contributed by atoms with van der Waals surface area (Å²) in [5, 5.41) is 11.2. The molecule has 0 atom stereocenters. The standard InChI is InChI=1S/C24H28N8O2/c1-17-18(2-3-20-21(17)14-34-22(20)33)4-8-30-9-5-24(6-10-30)7-11-31(15-24)23-25-12-19(13-26-23)32-16-27-28-29-32/h2-3,12-13,16H,4-11,14-15H2,1H3. The summed E-state index contributed by atoms with van der Waals surface area (Å²) in [4.78, 5) is 25.8. The predicted octanol–water partition coefficient (Wildman–Crippen LogP) is 1.97. The van der Waals surface area contributed by atoms with Crippen LogP contribution >= 0.6 is 0 Å². The van der Waals surface area contributed by atoms with Crippen molar-refractivity contribution in [2.45, 2.75) is 39.2 Å². The van der Waals surface area contributed by atoms with Gasteiger partial charge < -0.3 is 14.5 Å². The van der Waals surface area contributed by atoms with Crippen LogP contribution in [0.3, 0.4) is 0 Å². The van der Waals surface area contributed by atoms with E-state index in [1.54, 1.807) is 17.1 Å². The highest BCUT2D eigenvalue weighted by atomic mass is 16.5. The van der Waals surface area contributed by atoms with E-state index in [1.165, 1.54) is 36.7 Å². The molecule has 0 bridgehead atoms. The van der Waals surface area contributed by atoms with Crippen LogP contribution in [0.2, 0.25) is 0 Å². The first-order valence-electron chi connectivity index (χ1n) is 11.9. The first-order valence-corrected chi connectivity index (χ1v) is 11.9. The van der Waals surface area contributed by atoms with E-state index in [0.717, 1.165) is 61.9 Å². The molecule has 2 aromatic heterocycles. The van der Waals surface area contributed by atoms with Crippen molar-refractivity contribution in [1.29, 1.82) is 0 Å². The number of fused-ring (bicyclic) bond motifs is 1. The Morgan fingerprint density at radius 3 is 2.65 bits per heavy atom. The first-order chi connectivity index (χ1) is 16.6. The maximum absolute atomic E-state index is 11.8. The second kappa shape index (κ2) is 8.43. The minimum atomic E-state index is -0.189. The molecule has 6 rings (SSSR count). The van der Waals surface area contributed by atoms with E-state index in [4.69, 9.17) is 4.74 Å². The van der Waals surface area contributed by atoms with Crippen molar-refractivity contribution in [3.63, 3.8) is 0 Å². The average Bonchev–Trinajstić information content (AvgIpc) is 3.62. The van der Waals surface area contributed by atoms with Crippen LogP contribution in [0.1, 0.15) is 46.3 Å². The van der Waals surface area contributed by atoms with E-state index in [0.29, 0.717) is 12.0 Å². The molecule has 0 N–H and O–H groups in total. The summed E-state index contributed by atoms with van der Waals surface area (Å²) in [6, 6.07) is 4.04. The van der Waals surface area contributed by atoms with Gasteiger partial charge in [0.25, 0.3) is 0 Å². The average molecular weight is 461 g/mol. The number of rotatable bonds is 5. The zero-order valence-corrected chi connectivity index (χ0v) is 19.4. The van der Waals surface area contributed by atoms with Gasteiger partial charge in [0.15, 0.2) is 0 Å². The molecule has 1 aromatic carbocycles. The molecule has 1 spiro atoms. The summed E-state index contributed by atoms with van der Waals surface area (Å²) >= 11 is 0. The first kappa shape index (κ1) is 21.2. The van der Waals surface area contributed by atoms with E-state index in [2.05, 4.69) is 48.3 Å². The Labute approximate surface area is 197 Å². The van der Waals surface area contributed by atoms with Gasteiger partial charge >= 0.3 is 5.97 Å². The molecule has 0 aliphatic carbocycles. The number of carbonyl (C=O) groups excluding carboxylic acids is 1. The largest absolute Gasteiger partial charge is 0.457 e. The number of hydrogen-bond acceptors (Lipinski definition) is 9. The molecule has 176 valence electrons. The third-order valence-electron chi connectivity index (χ3n) is 7.85. The van der Waals surface area contributed by atoms with Gasteiger partial charge in [0.05, 0.1) is 18.0 Å². The molecule has 34 heavy (non-hydrogen) atoms. The summed E-state index contributed by atoms with van der Waals surface area (Å²) in [6.07, 6.45) is 9.70. The number of nitrogens with zero attached hydrogens (tertiary/aromatic N) is 8. The Kier molecular flexibility index (Phi) is 5.24. The summed E-state index contributed by atoms with van der Waals surface area (Å²) in [5.41, 5.74) is 5.46. The van der Waals surface area contributed by atoms with Gasteiger partial charge in [-0.05, 0) is 78.7 Å². The van der Waals surface area contributed by atoms with E-state index in [-0.39, 0.29) is 5.97 Å². The maximum atomic E-state index is 11.8. The van der Waals surface area contributed by atoms with Gasteiger partial charge in [-0.2, -0.15) is 4.68 Å². The number of cyclic esters (lactones) is 1. The molecule has 3 aliphatic rings. The molecule has 0 unspecified atom stereocenters. The minimum Gasteiger partial charge on any atom is -0.457 e. The molecule has 2 fully saturated rings. The molecular weight excluding hydrogens is 432 g/mol. The fourth-order valence-electron chi connectivity index (χ4n) is 5.59. The van der Waals surface area contributed by atoms with Crippen LogP contribution in [0, 0.1) is 12.3 Å². The van der Waals surface area contributed by atoms with Gasteiger partial charge in [0, 0.05) is 25.2 Å². The Bertz CT molecular complexity index is 1190. The number of aromatic nitrogens is 6. The lowest BCUT2D eigenvalue weighted by Crippen LogP contribution is -2.42. The Balaban J connectivity index is 1.03. The Hall–Kier alpha value is -3.40. The smallest absolute Gasteiger partial charge is 0.338 e. The number of tetrazole rings is 1. The van der Waals surface area contributed by atoms with Crippen molar-refractivity contribution in [1.82, 2.24) is 35.1 Å². The number of ether oxygens (including phenoxy) is 1. The fraction of sp³-hybridized carbons (Fsp3) is 0.500. The highest BCUT2D eigenvalue weighted by molar-refractivity contribution is 5.93. The monoisotopic (exact) mass is 460 g/mol. The number of piperidine rings is 1. The second-order valence-corrected chi connectivity index (χ2v) is 9.71. The Morgan fingerprint density at radius 1 is 1.09 bits per heavy atom. The molecule has 0 saturated carbocycles. The number of carbonyl (C=O) groups is 1. The molecule has 10 heteroatoms. The summed E-state index contributed by atoms with van der Waals surface area (Å²) < 4.78 is 6.76. The summed E-state index contributed by atoms with van der Waals surface area (Å²) in [6.45, 7) is 7.85. The van der Waals surface area contributed by atoms with Crippen molar-refractivity contribution in [3.05, 3.63) is 53.1 Å². The lowest BCUT2D eigenvalue weighted by Gasteiger charge is -2.39. The molecular formula is C24H28N8O2. The maximum Gasteiger partial charge on any atom is 0.338 e. The highest BCUT2D eigenvalue weighted by Crippen LogP contribution is 2.41. The van der Waals surface area contributed by atoms with Crippen molar-refractivity contribution in [2.24, 2.45) is 5.41 Å². The SMILES string of the molecule is Cc1c(CCN2CCC3(CC2)CCN(c2ncc(-n4cnnn4)cn2)C3)ccc2c1COC2=O. The van der Waals surface area contributed by atoms with Crippen LogP contribution in [-0.4, -0.2) is 73.8 Å². The van der Waals surface area contributed by atoms with Gasteiger partial charge in [-0.15, -0.1) is 5.10 Å². The van der Waals surface area contributed by atoms with Crippen LogP contribution in [0.25, 0.3) is 5.69 Å². The van der Waals surface area contributed by atoms with Crippen molar-refractivity contribution >= 4 is 11.9 Å². The highest BCUT2D eigenvalue weighted by Gasteiger charge is 2.41. The van der Waals surface area contributed by atoms with Crippen LogP contribution in [0.5, 0.6) is 0 Å². The van der Waals surface area contributed by atoms with Gasteiger partial charge in [0.1, 0.15) is 18.6 Å². The van der Waals surface area contributed by atoms with Gasteiger partial charge in [-0.3, -0.25) is 0 Å². The van der Waals surface area contributed by atoms with Crippen molar-refractivity contribution in [3.8, 4) is 5.69 Å².